The monoisotopic (exact) mass is 216 g/mol. The van der Waals surface area contributed by atoms with Gasteiger partial charge in [-0.25, -0.2) is 0 Å². The summed E-state index contributed by atoms with van der Waals surface area (Å²) in [6.45, 7) is 0. The Balaban J connectivity index is 2.20. The Labute approximate surface area is 95.4 Å². The van der Waals surface area contributed by atoms with Crippen LogP contribution in [0.25, 0.3) is 5.57 Å². The number of allylic oxidation sites excluding steroid dienone is 2. The minimum Gasteiger partial charge on any atom is -0.399 e. The van der Waals surface area contributed by atoms with E-state index in [1.54, 1.807) is 7.11 Å². The average Bonchev–Trinajstić information content (AvgIpc) is 2.32. The molecule has 0 saturated carbocycles. The van der Waals surface area contributed by atoms with Gasteiger partial charge in [0, 0.05) is 19.2 Å². The van der Waals surface area contributed by atoms with Gasteiger partial charge in [0.1, 0.15) is 5.72 Å². The third kappa shape index (κ3) is 2.15. The highest BCUT2D eigenvalue weighted by molar-refractivity contribution is 5.76. The molecule has 0 fully saturated rings. The van der Waals surface area contributed by atoms with Gasteiger partial charge >= 0.3 is 0 Å². The Morgan fingerprint density at radius 2 is 1.94 bits per heavy atom. The molecule has 2 rings (SSSR count). The highest BCUT2D eigenvalue weighted by atomic mass is 16.5. The van der Waals surface area contributed by atoms with Crippen LogP contribution in [-0.4, -0.2) is 12.8 Å². The van der Waals surface area contributed by atoms with Crippen LogP contribution in [-0.2, 0) is 4.74 Å². The minimum atomic E-state index is -0.655. The summed E-state index contributed by atoms with van der Waals surface area (Å²) in [7, 11) is 1.62. The molecule has 1 aliphatic carbocycles. The maximum atomic E-state index is 5.95. The fraction of sp³-hybridized carbons (Fsp3) is 0.231. The van der Waals surface area contributed by atoms with Crippen LogP contribution in [0.3, 0.4) is 0 Å². The lowest BCUT2D eigenvalue weighted by atomic mass is 9.95. The molecule has 3 heteroatoms. The molecule has 0 bridgehead atoms. The number of ether oxygens (including phenoxy) is 1. The first-order valence-corrected chi connectivity index (χ1v) is 5.22. The van der Waals surface area contributed by atoms with Crippen molar-refractivity contribution in [3.63, 3.8) is 0 Å². The van der Waals surface area contributed by atoms with E-state index in [4.69, 9.17) is 16.2 Å². The van der Waals surface area contributed by atoms with Gasteiger partial charge in [0.15, 0.2) is 0 Å². The molecule has 1 aromatic rings. The Bertz CT molecular complexity index is 434. The first-order chi connectivity index (χ1) is 7.63. The third-order valence-corrected chi connectivity index (χ3v) is 2.81. The molecule has 0 spiro atoms. The van der Waals surface area contributed by atoms with E-state index in [2.05, 4.69) is 6.08 Å². The summed E-state index contributed by atoms with van der Waals surface area (Å²) in [6.07, 6.45) is 6.63. The van der Waals surface area contributed by atoms with Crippen LogP contribution in [0.5, 0.6) is 0 Å². The van der Waals surface area contributed by atoms with E-state index in [9.17, 15) is 0 Å². The van der Waals surface area contributed by atoms with Gasteiger partial charge in [-0.05, 0) is 29.3 Å². The number of rotatable bonds is 2. The molecule has 84 valence electrons. The lowest BCUT2D eigenvalue weighted by molar-refractivity contribution is 0.0399. The maximum Gasteiger partial charge on any atom is 0.139 e. The molecule has 1 atom stereocenters. The summed E-state index contributed by atoms with van der Waals surface area (Å²) in [4.78, 5) is 0. The second kappa shape index (κ2) is 4.12. The second-order valence-electron chi connectivity index (χ2n) is 3.98. The van der Waals surface area contributed by atoms with Gasteiger partial charge in [0.25, 0.3) is 0 Å². The van der Waals surface area contributed by atoms with Crippen molar-refractivity contribution in [2.24, 2.45) is 5.73 Å². The molecule has 1 unspecified atom stereocenters. The van der Waals surface area contributed by atoms with Gasteiger partial charge in [-0.2, -0.15) is 0 Å². The Kier molecular flexibility index (Phi) is 2.81. The van der Waals surface area contributed by atoms with E-state index >= 15 is 0 Å². The van der Waals surface area contributed by atoms with Crippen molar-refractivity contribution in [2.45, 2.75) is 12.1 Å². The fourth-order valence-electron chi connectivity index (χ4n) is 1.68. The molecule has 0 aromatic heterocycles. The quantitative estimate of drug-likeness (QED) is 0.586. The van der Waals surface area contributed by atoms with Gasteiger partial charge in [-0.1, -0.05) is 24.3 Å². The summed E-state index contributed by atoms with van der Waals surface area (Å²) in [5.41, 5.74) is 14.0. The van der Waals surface area contributed by atoms with E-state index < -0.39 is 5.72 Å². The molecule has 16 heavy (non-hydrogen) atoms. The highest BCUT2D eigenvalue weighted by Gasteiger charge is 2.22. The van der Waals surface area contributed by atoms with Gasteiger partial charge in [-0.3, -0.25) is 5.73 Å². The van der Waals surface area contributed by atoms with E-state index in [-0.39, 0.29) is 0 Å². The molecule has 1 aliphatic rings. The molecule has 0 aliphatic heterocycles. The van der Waals surface area contributed by atoms with Gasteiger partial charge < -0.3 is 10.5 Å². The molecule has 1 aromatic carbocycles. The molecular formula is C13H16N2O. The van der Waals surface area contributed by atoms with Crippen LogP contribution < -0.4 is 11.5 Å². The van der Waals surface area contributed by atoms with Crippen LogP contribution in [0, 0.1) is 0 Å². The summed E-state index contributed by atoms with van der Waals surface area (Å²) in [5.74, 6) is 0. The third-order valence-electron chi connectivity index (χ3n) is 2.81. The van der Waals surface area contributed by atoms with Crippen molar-refractivity contribution in [2.75, 3.05) is 12.8 Å². The van der Waals surface area contributed by atoms with Crippen LogP contribution in [0.2, 0.25) is 0 Å². The number of hydrogen-bond acceptors (Lipinski definition) is 3. The minimum absolute atomic E-state index is 0.655. The Morgan fingerprint density at radius 1 is 1.25 bits per heavy atom. The van der Waals surface area contributed by atoms with Gasteiger partial charge in [-0.15, -0.1) is 0 Å². The molecule has 0 saturated heterocycles. The van der Waals surface area contributed by atoms with Crippen molar-refractivity contribution < 1.29 is 4.74 Å². The zero-order chi connectivity index (χ0) is 11.6. The van der Waals surface area contributed by atoms with E-state index in [1.165, 1.54) is 0 Å². The molecule has 3 nitrogen and oxygen atoms in total. The highest BCUT2D eigenvalue weighted by Crippen LogP contribution is 2.26. The second-order valence-corrected chi connectivity index (χ2v) is 3.98. The molecule has 0 heterocycles. The Morgan fingerprint density at radius 3 is 2.44 bits per heavy atom. The number of methoxy groups -OCH3 is 1. The molecule has 0 amide bonds. The van der Waals surface area contributed by atoms with E-state index in [0.717, 1.165) is 16.8 Å². The van der Waals surface area contributed by atoms with Crippen molar-refractivity contribution in [1.82, 2.24) is 0 Å². The molecule has 4 N–H and O–H groups in total. The number of anilines is 1. The largest absolute Gasteiger partial charge is 0.399 e. The molecular weight excluding hydrogens is 200 g/mol. The smallest absolute Gasteiger partial charge is 0.139 e. The molecule has 0 radical (unpaired) electrons. The van der Waals surface area contributed by atoms with Crippen LogP contribution in [0.4, 0.5) is 5.69 Å². The van der Waals surface area contributed by atoms with Gasteiger partial charge in [0.05, 0.1) is 0 Å². The predicted molar refractivity (Wildman–Crippen MR) is 66.5 cm³/mol. The Hall–Kier alpha value is -1.58. The topological polar surface area (TPSA) is 61.3 Å². The number of hydrogen-bond donors (Lipinski definition) is 2. The zero-order valence-electron chi connectivity index (χ0n) is 9.31. The van der Waals surface area contributed by atoms with Crippen molar-refractivity contribution in [1.29, 1.82) is 0 Å². The lowest BCUT2D eigenvalue weighted by Gasteiger charge is -2.26. The van der Waals surface area contributed by atoms with E-state index in [1.807, 2.05) is 36.4 Å². The van der Waals surface area contributed by atoms with Crippen molar-refractivity contribution in [3.8, 4) is 0 Å². The van der Waals surface area contributed by atoms with E-state index in [0.29, 0.717) is 6.42 Å². The lowest BCUT2D eigenvalue weighted by Crippen LogP contribution is -2.40. The first-order valence-electron chi connectivity index (χ1n) is 5.22. The first kappa shape index (κ1) is 10.9. The number of benzene rings is 1. The normalized spacial score (nSPS) is 24.2. The standard InChI is InChI=1S/C13H16N2O/c1-16-13(15)8-6-11(7-9-13)10-2-4-12(14)5-3-10/h2-8H,9,14-15H2,1H3. The summed E-state index contributed by atoms with van der Waals surface area (Å²) in [5, 5.41) is 0. The van der Waals surface area contributed by atoms with Gasteiger partial charge in [0.2, 0.25) is 0 Å². The predicted octanol–water partition coefficient (Wildman–Crippen LogP) is 1.91. The summed E-state index contributed by atoms with van der Waals surface area (Å²) >= 11 is 0. The van der Waals surface area contributed by atoms with Crippen LogP contribution in [0.15, 0.2) is 42.5 Å². The number of nitrogens with two attached hydrogens (primary N) is 2. The van der Waals surface area contributed by atoms with Crippen molar-refractivity contribution in [3.05, 3.63) is 48.1 Å². The van der Waals surface area contributed by atoms with Crippen molar-refractivity contribution >= 4 is 11.3 Å². The maximum absolute atomic E-state index is 5.95. The SMILES string of the molecule is COC1(N)C=CC(c2ccc(N)cc2)=CC1. The summed E-state index contributed by atoms with van der Waals surface area (Å²) in [6, 6.07) is 7.79. The fourth-order valence-corrected chi connectivity index (χ4v) is 1.68. The number of nitrogen functional groups attached to an aromatic ring is 1. The van der Waals surface area contributed by atoms with Crippen LogP contribution in [0.1, 0.15) is 12.0 Å². The average molecular weight is 216 g/mol. The zero-order valence-corrected chi connectivity index (χ0v) is 9.31. The van der Waals surface area contributed by atoms with Crippen LogP contribution >= 0.6 is 0 Å². The summed E-state index contributed by atoms with van der Waals surface area (Å²) < 4.78 is 5.21.